The number of benzene rings is 2. The number of anilines is 1. The molecular formula is C27H25N5O2. The van der Waals surface area contributed by atoms with Gasteiger partial charge in [0.2, 0.25) is 0 Å². The van der Waals surface area contributed by atoms with Crippen LogP contribution < -0.4 is 15.0 Å². The molecule has 1 aliphatic heterocycles. The van der Waals surface area contributed by atoms with E-state index in [1.165, 1.54) is 0 Å². The highest BCUT2D eigenvalue weighted by Gasteiger charge is 2.25. The van der Waals surface area contributed by atoms with Gasteiger partial charge in [0.25, 0.3) is 5.91 Å². The Morgan fingerprint density at radius 1 is 1.12 bits per heavy atom. The first-order valence-corrected chi connectivity index (χ1v) is 11.3. The largest absolute Gasteiger partial charge is 0.457 e. The summed E-state index contributed by atoms with van der Waals surface area (Å²) in [5.74, 6) is 7.43. The van der Waals surface area contributed by atoms with Crippen molar-refractivity contribution >= 4 is 22.8 Å². The highest BCUT2D eigenvalue weighted by molar-refractivity contribution is 6.01. The number of ether oxygens (including phenoxy) is 1. The van der Waals surface area contributed by atoms with Gasteiger partial charge in [-0.05, 0) is 55.5 Å². The number of nitrogens with one attached hydrogen (secondary N) is 2. The van der Waals surface area contributed by atoms with E-state index < -0.39 is 0 Å². The molecule has 34 heavy (non-hydrogen) atoms. The van der Waals surface area contributed by atoms with Gasteiger partial charge in [-0.15, -0.1) is 0 Å². The van der Waals surface area contributed by atoms with E-state index in [-0.39, 0.29) is 11.9 Å². The van der Waals surface area contributed by atoms with Crippen LogP contribution in [0.15, 0.2) is 67.1 Å². The van der Waals surface area contributed by atoms with E-state index in [0.29, 0.717) is 6.54 Å². The Hall–Kier alpha value is -4.31. The van der Waals surface area contributed by atoms with Crippen molar-refractivity contribution in [3.63, 3.8) is 0 Å². The van der Waals surface area contributed by atoms with Crippen LogP contribution in [0.25, 0.3) is 22.2 Å². The lowest BCUT2D eigenvalue weighted by atomic mass is 10.0. The number of hydrogen-bond donors (Lipinski definition) is 2. The molecule has 0 aliphatic carbocycles. The average Bonchev–Trinajstić information content (AvgIpc) is 3.30. The topological polar surface area (TPSA) is 83.1 Å². The quantitative estimate of drug-likeness (QED) is 0.436. The van der Waals surface area contributed by atoms with E-state index in [1.54, 1.807) is 13.3 Å². The Morgan fingerprint density at radius 2 is 1.91 bits per heavy atom. The van der Waals surface area contributed by atoms with Crippen LogP contribution >= 0.6 is 0 Å². The van der Waals surface area contributed by atoms with Gasteiger partial charge in [-0.3, -0.25) is 4.79 Å². The standard InChI is InChI=1S/C27H25N5O2/c1-2-7-24(33)31-20-8-6-15-32(17-20)27-25-23(16-28-26(25)29-18-30-27)19-11-13-22(14-12-19)34-21-9-4-3-5-10-21/h3-5,9-14,16,18,20H,6,8,15,17H2,1H3,(H,31,33)(H,28,29,30)/t20-/m1/s1. The maximum Gasteiger partial charge on any atom is 0.296 e. The number of carbonyl (C=O) groups is 1. The van der Waals surface area contributed by atoms with Crippen molar-refractivity contribution in [1.29, 1.82) is 0 Å². The summed E-state index contributed by atoms with van der Waals surface area (Å²) in [7, 11) is 0. The molecule has 1 aliphatic rings. The zero-order chi connectivity index (χ0) is 23.3. The average molecular weight is 452 g/mol. The highest BCUT2D eigenvalue weighted by Crippen LogP contribution is 2.35. The number of aromatic nitrogens is 3. The Bertz CT molecular complexity index is 1350. The lowest BCUT2D eigenvalue weighted by molar-refractivity contribution is -0.116. The van der Waals surface area contributed by atoms with Crippen molar-refractivity contribution in [3.05, 3.63) is 67.1 Å². The number of para-hydroxylation sites is 1. The van der Waals surface area contributed by atoms with Gasteiger partial charge in [-0.1, -0.05) is 36.3 Å². The molecule has 1 atom stereocenters. The summed E-state index contributed by atoms with van der Waals surface area (Å²) in [6, 6.07) is 17.8. The van der Waals surface area contributed by atoms with Crippen LogP contribution in [0.2, 0.25) is 0 Å². The van der Waals surface area contributed by atoms with Crippen LogP contribution in [0.1, 0.15) is 19.8 Å². The Balaban J connectivity index is 1.42. The first kappa shape index (κ1) is 21.5. The predicted octanol–water partition coefficient (Wildman–Crippen LogP) is 4.53. The fraction of sp³-hybridized carbons (Fsp3) is 0.222. The normalized spacial score (nSPS) is 15.4. The Morgan fingerprint density at radius 3 is 2.71 bits per heavy atom. The molecule has 1 amide bonds. The lowest BCUT2D eigenvalue weighted by Crippen LogP contribution is -2.47. The SMILES string of the molecule is CC#CC(=O)N[C@@H]1CCCN(c2ncnc3[nH]cc(-c4ccc(Oc5ccccc5)cc4)c23)C1. The first-order chi connectivity index (χ1) is 16.7. The van der Waals surface area contributed by atoms with E-state index in [4.69, 9.17) is 4.74 Å². The second-order valence-electron chi connectivity index (χ2n) is 8.20. The smallest absolute Gasteiger partial charge is 0.296 e. The van der Waals surface area contributed by atoms with Crippen LogP contribution in [0.4, 0.5) is 5.82 Å². The van der Waals surface area contributed by atoms with Crippen LogP contribution in [-0.2, 0) is 4.79 Å². The maximum atomic E-state index is 12.0. The summed E-state index contributed by atoms with van der Waals surface area (Å²) in [5, 5.41) is 3.99. The minimum atomic E-state index is -0.234. The third kappa shape index (κ3) is 4.57. The van der Waals surface area contributed by atoms with Crippen molar-refractivity contribution in [2.75, 3.05) is 18.0 Å². The minimum Gasteiger partial charge on any atom is -0.457 e. The number of nitrogens with zero attached hydrogens (tertiary/aromatic N) is 3. The van der Waals surface area contributed by atoms with E-state index in [9.17, 15) is 4.79 Å². The first-order valence-electron chi connectivity index (χ1n) is 11.3. The summed E-state index contributed by atoms with van der Waals surface area (Å²) < 4.78 is 5.93. The Labute approximate surface area is 198 Å². The number of aromatic amines is 1. The molecule has 1 fully saturated rings. The third-order valence-electron chi connectivity index (χ3n) is 5.89. The zero-order valence-electron chi connectivity index (χ0n) is 18.9. The van der Waals surface area contributed by atoms with Gasteiger partial charge in [0.1, 0.15) is 29.3 Å². The molecule has 2 aromatic heterocycles. The van der Waals surface area contributed by atoms with E-state index in [0.717, 1.165) is 58.9 Å². The van der Waals surface area contributed by atoms with Gasteiger partial charge in [0.15, 0.2) is 0 Å². The number of H-pyrrole nitrogens is 1. The van der Waals surface area contributed by atoms with Gasteiger partial charge >= 0.3 is 0 Å². The molecule has 7 nitrogen and oxygen atoms in total. The molecule has 2 N–H and O–H groups in total. The number of carbonyl (C=O) groups excluding carboxylic acids is 1. The molecule has 5 rings (SSSR count). The lowest BCUT2D eigenvalue weighted by Gasteiger charge is -2.34. The molecule has 0 unspecified atom stereocenters. The zero-order valence-corrected chi connectivity index (χ0v) is 18.9. The van der Waals surface area contributed by atoms with Crippen LogP contribution in [0.5, 0.6) is 11.5 Å². The second kappa shape index (κ2) is 9.67. The van der Waals surface area contributed by atoms with Gasteiger partial charge in [0.05, 0.1) is 5.39 Å². The molecule has 7 heteroatoms. The highest BCUT2D eigenvalue weighted by atomic mass is 16.5. The van der Waals surface area contributed by atoms with Crippen LogP contribution in [-0.4, -0.2) is 40.0 Å². The molecular weight excluding hydrogens is 426 g/mol. The van der Waals surface area contributed by atoms with Crippen molar-refractivity contribution < 1.29 is 9.53 Å². The van der Waals surface area contributed by atoms with E-state index in [1.807, 2.05) is 60.8 Å². The number of piperidine rings is 1. The number of fused-ring (bicyclic) bond motifs is 1. The fourth-order valence-electron chi connectivity index (χ4n) is 4.36. The molecule has 0 radical (unpaired) electrons. The summed E-state index contributed by atoms with van der Waals surface area (Å²) in [6.45, 7) is 3.21. The second-order valence-corrected chi connectivity index (χ2v) is 8.20. The number of amides is 1. The van der Waals surface area contributed by atoms with Crippen molar-refractivity contribution in [2.24, 2.45) is 0 Å². The van der Waals surface area contributed by atoms with Gasteiger partial charge < -0.3 is 19.9 Å². The summed E-state index contributed by atoms with van der Waals surface area (Å²) in [6.07, 6.45) is 5.43. The van der Waals surface area contributed by atoms with Gasteiger partial charge in [-0.2, -0.15) is 0 Å². The number of rotatable bonds is 5. The maximum absolute atomic E-state index is 12.0. The molecule has 1 saturated heterocycles. The monoisotopic (exact) mass is 451 g/mol. The molecule has 0 bridgehead atoms. The predicted molar refractivity (Wildman–Crippen MR) is 133 cm³/mol. The van der Waals surface area contributed by atoms with Crippen molar-refractivity contribution in [1.82, 2.24) is 20.3 Å². The van der Waals surface area contributed by atoms with Gasteiger partial charge in [-0.25, -0.2) is 9.97 Å². The summed E-state index contributed by atoms with van der Waals surface area (Å²) in [4.78, 5) is 26.6. The van der Waals surface area contributed by atoms with Crippen LogP contribution in [0.3, 0.4) is 0 Å². The molecule has 0 saturated carbocycles. The Kier molecular flexibility index (Phi) is 6.13. The third-order valence-corrected chi connectivity index (χ3v) is 5.89. The van der Waals surface area contributed by atoms with E-state index in [2.05, 4.69) is 37.0 Å². The number of hydrogen-bond acceptors (Lipinski definition) is 5. The summed E-state index contributed by atoms with van der Waals surface area (Å²) >= 11 is 0. The van der Waals surface area contributed by atoms with E-state index >= 15 is 0 Å². The molecule has 3 heterocycles. The molecule has 4 aromatic rings. The van der Waals surface area contributed by atoms with Crippen molar-refractivity contribution in [3.8, 4) is 34.5 Å². The van der Waals surface area contributed by atoms with Crippen LogP contribution in [0, 0.1) is 11.8 Å². The minimum absolute atomic E-state index is 0.0314. The van der Waals surface area contributed by atoms with Crippen molar-refractivity contribution in [2.45, 2.75) is 25.8 Å². The fourth-order valence-corrected chi connectivity index (χ4v) is 4.36. The summed E-state index contributed by atoms with van der Waals surface area (Å²) in [5.41, 5.74) is 2.86. The van der Waals surface area contributed by atoms with Gasteiger partial charge in [0, 0.05) is 30.9 Å². The molecule has 0 spiro atoms. The molecule has 2 aromatic carbocycles. The molecule has 170 valence electrons.